The topological polar surface area (TPSA) is 26.0 Å². The van der Waals surface area contributed by atoms with Crippen LogP contribution in [0.15, 0.2) is 33.3 Å². The van der Waals surface area contributed by atoms with E-state index in [9.17, 15) is 0 Å². The maximum Gasteiger partial charge on any atom is 0.152 e. The molecule has 2 nitrogen and oxygen atoms in total. The molecule has 2 rings (SSSR count). The Hall–Kier alpha value is -0.510. The molecule has 0 unspecified atom stereocenters. The van der Waals surface area contributed by atoms with Crippen molar-refractivity contribution >= 4 is 39.1 Å². The summed E-state index contributed by atoms with van der Waals surface area (Å²) in [6, 6.07) is 7.37. The first-order chi connectivity index (χ1) is 7.20. The van der Waals surface area contributed by atoms with Gasteiger partial charge in [-0.1, -0.05) is 38.8 Å². The second kappa shape index (κ2) is 4.56. The summed E-state index contributed by atoms with van der Waals surface area (Å²) in [6.45, 7) is 0. The predicted octanol–water partition coefficient (Wildman–Crippen LogP) is 4.50. The Bertz CT molecular complexity index is 484. The van der Waals surface area contributed by atoms with Crippen LogP contribution in [0.25, 0.3) is 11.3 Å². The Kier molecular flexibility index (Phi) is 3.34. The molecule has 0 aliphatic carbocycles. The average Bonchev–Trinajstić information content (AvgIpc) is 2.66. The summed E-state index contributed by atoms with van der Waals surface area (Å²) in [7, 11) is 0. The second-order valence-corrected chi connectivity index (χ2v) is 4.53. The van der Waals surface area contributed by atoms with Gasteiger partial charge in [0.2, 0.25) is 0 Å². The summed E-state index contributed by atoms with van der Waals surface area (Å²) in [5.41, 5.74) is 1.53. The fourth-order valence-electron chi connectivity index (χ4n) is 1.20. The lowest BCUT2D eigenvalue weighted by molar-refractivity contribution is 0.396. The molecule has 15 heavy (non-hydrogen) atoms. The van der Waals surface area contributed by atoms with Crippen LogP contribution in [0.2, 0.25) is 5.02 Å². The van der Waals surface area contributed by atoms with Gasteiger partial charge in [-0.25, -0.2) is 0 Å². The standard InChI is InChI=1S/C10H6BrCl2NO/c11-6-1-2-8(9(13)3-6)10-4-7(5-12)15-14-10/h1-4H,5H2. The molecule has 0 aliphatic heterocycles. The minimum absolute atomic E-state index is 0.307. The SMILES string of the molecule is ClCc1cc(-c2ccc(Br)cc2Cl)no1. The summed E-state index contributed by atoms with van der Waals surface area (Å²) in [5, 5.41) is 4.51. The number of benzene rings is 1. The molecule has 0 aliphatic rings. The molecule has 1 aromatic carbocycles. The molecule has 0 atom stereocenters. The molecule has 1 heterocycles. The van der Waals surface area contributed by atoms with Crippen LogP contribution in [0.5, 0.6) is 0 Å². The minimum atomic E-state index is 0.307. The van der Waals surface area contributed by atoms with Crippen LogP contribution in [-0.4, -0.2) is 5.16 Å². The summed E-state index contributed by atoms with van der Waals surface area (Å²) in [4.78, 5) is 0. The quantitative estimate of drug-likeness (QED) is 0.764. The number of aromatic nitrogens is 1. The Morgan fingerprint density at radius 3 is 2.73 bits per heavy atom. The molecule has 0 fully saturated rings. The van der Waals surface area contributed by atoms with Gasteiger partial charge in [0.1, 0.15) is 5.69 Å². The van der Waals surface area contributed by atoms with Gasteiger partial charge in [-0.3, -0.25) is 0 Å². The number of alkyl halides is 1. The van der Waals surface area contributed by atoms with Crippen molar-refractivity contribution in [3.8, 4) is 11.3 Å². The van der Waals surface area contributed by atoms with Gasteiger partial charge < -0.3 is 4.52 Å². The second-order valence-electron chi connectivity index (χ2n) is 2.94. The van der Waals surface area contributed by atoms with Gasteiger partial charge in [0.05, 0.1) is 10.9 Å². The largest absolute Gasteiger partial charge is 0.359 e. The normalized spacial score (nSPS) is 10.6. The molecule has 0 saturated heterocycles. The van der Waals surface area contributed by atoms with Crippen LogP contribution in [0.3, 0.4) is 0 Å². The van der Waals surface area contributed by atoms with Crippen molar-refractivity contribution in [3.63, 3.8) is 0 Å². The summed E-state index contributed by atoms with van der Waals surface area (Å²) in [5.74, 6) is 0.937. The molecular weight excluding hydrogens is 301 g/mol. The van der Waals surface area contributed by atoms with Crippen molar-refractivity contribution in [1.82, 2.24) is 5.16 Å². The minimum Gasteiger partial charge on any atom is -0.359 e. The molecule has 5 heteroatoms. The van der Waals surface area contributed by atoms with Crippen molar-refractivity contribution in [3.05, 3.63) is 39.5 Å². The smallest absolute Gasteiger partial charge is 0.152 e. The van der Waals surface area contributed by atoms with Crippen molar-refractivity contribution in [2.24, 2.45) is 0 Å². The number of nitrogens with zero attached hydrogens (tertiary/aromatic N) is 1. The zero-order valence-corrected chi connectivity index (χ0v) is 10.6. The lowest BCUT2D eigenvalue weighted by atomic mass is 10.1. The lowest BCUT2D eigenvalue weighted by Crippen LogP contribution is -1.78. The third kappa shape index (κ3) is 2.36. The molecule has 2 aromatic rings. The van der Waals surface area contributed by atoms with Crippen LogP contribution >= 0.6 is 39.1 Å². The zero-order chi connectivity index (χ0) is 10.8. The Balaban J connectivity index is 2.44. The molecule has 0 N–H and O–H groups in total. The molecule has 0 bridgehead atoms. The van der Waals surface area contributed by atoms with Gasteiger partial charge in [0.15, 0.2) is 5.76 Å². The zero-order valence-electron chi connectivity index (χ0n) is 7.51. The summed E-state index contributed by atoms with van der Waals surface area (Å²) >= 11 is 15.0. The third-order valence-electron chi connectivity index (χ3n) is 1.90. The predicted molar refractivity (Wildman–Crippen MR) is 64.2 cm³/mol. The summed E-state index contributed by atoms with van der Waals surface area (Å²) < 4.78 is 5.93. The first kappa shape index (κ1) is 11.0. The van der Waals surface area contributed by atoms with Gasteiger partial charge in [0, 0.05) is 16.1 Å². The van der Waals surface area contributed by atoms with Gasteiger partial charge >= 0.3 is 0 Å². The van der Waals surface area contributed by atoms with E-state index in [1.807, 2.05) is 18.2 Å². The molecule has 0 amide bonds. The van der Waals surface area contributed by atoms with Crippen molar-refractivity contribution in [1.29, 1.82) is 0 Å². The highest BCUT2D eigenvalue weighted by atomic mass is 79.9. The van der Waals surface area contributed by atoms with Crippen molar-refractivity contribution < 1.29 is 4.52 Å². The van der Waals surface area contributed by atoms with Gasteiger partial charge in [-0.05, 0) is 12.1 Å². The van der Waals surface area contributed by atoms with E-state index in [-0.39, 0.29) is 0 Å². The molecule has 0 spiro atoms. The fraction of sp³-hybridized carbons (Fsp3) is 0.100. The first-order valence-electron chi connectivity index (χ1n) is 4.17. The maximum atomic E-state index is 6.07. The number of rotatable bonds is 2. The van der Waals surface area contributed by atoms with E-state index in [2.05, 4.69) is 21.1 Å². The fourth-order valence-corrected chi connectivity index (χ4v) is 2.10. The summed E-state index contributed by atoms with van der Waals surface area (Å²) in [6.07, 6.45) is 0. The van der Waals surface area contributed by atoms with Crippen LogP contribution in [0.1, 0.15) is 5.76 Å². The van der Waals surface area contributed by atoms with Gasteiger partial charge in [-0.2, -0.15) is 0 Å². The Labute approximate surface area is 105 Å². The van der Waals surface area contributed by atoms with E-state index in [0.29, 0.717) is 22.4 Å². The first-order valence-corrected chi connectivity index (χ1v) is 5.88. The van der Waals surface area contributed by atoms with E-state index in [0.717, 1.165) is 10.0 Å². The maximum absolute atomic E-state index is 6.07. The highest BCUT2D eigenvalue weighted by molar-refractivity contribution is 9.10. The van der Waals surface area contributed by atoms with E-state index in [1.165, 1.54) is 0 Å². The monoisotopic (exact) mass is 305 g/mol. The van der Waals surface area contributed by atoms with Crippen LogP contribution in [0, 0.1) is 0 Å². The lowest BCUT2D eigenvalue weighted by Gasteiger charge is -1.99. The molecule has 1 aromatic heterocycles. The molecular formula is C10H6BrCl2NO. The molecule has 0 saturated carbocycles. The van der Waals surface area contributed by atoms with E-state index in [1.54, 1.807) is 6.07 Å². The Morgan fingerprint density at radius 2 is 2.13 bits per heavy atom. The molecule has 78 valence electrons. The van der Waals surface area contributed by atoms with E-state index in [4.69, 9.17) is 27.7 Å². The number of hydrogen-bond acceptors (Lipinski definition) is 2. The van der Waals surface area contributed by atoms with Gasteiger partial charge in [0.25, 0.3) is 0 Å². The number of hydrogen-bond donors (Lipinski definition) is 0. The Morgan fingerprint density at radius 1 is 1.33 bits per heavy atom. The highest BCUT2D eigenvalue weighted by Gasteiger charge is 2.09. The van der Waals surface area contributed by atoms with Crippen LogP contribution < -0.4 is 0 Å². The van der Waals surface area contributed by atoms with Crippen molar-refractivity contribution in [2.45, 2.75) is 5.88 Å². The van der Waals surface area contributed by atoms with Crippen LogP contribution in [-0.2, 0) is 5.88 Å². The van der Waals surface area contributed by atoms with Crippen LogP contribution in [0.4, 0.5) is 0 Å². The van der Waals surface area contributed by atoms with E-state index >= 15 is 0 Å². The third-order valence-corrected chi connectivity index (χ3v) is 2.97. The van der Waals surface area contributed by atoms with Gasteiger partial charge in [-0.15, -0.1) is 11.6 Å². The van der Waals surface area contributed by atoms with E-state index < -0.39 is 0 Å². The number of halogens is 3. The molecule has 0 radical (unpaired) electrons. The average molecular weight is 307 g/mol. The highest BCUT2D eigenvalue weighted by Crippen LogP contribution is 2.30. The van der Waals surface area contributed by atoms with Crippen molar-refractivity contribution in [2.75, 3.05) is 0 Å².